The Kier molecular flexibility index (Phi) is 4.39. The second-order valence-corrected chi connectivity index (χ2v) is 4.64. The summed E-state index contributed by atoms with van der Waals surface area (Å²) in [6.07, 6.45) is 3.69. The molecule has 0 aliphatic heterocycles. The third kappa shape index (κ3) is 3.05. The summed E-state index contributed by atoms with van der Waals surface area (Å²) in [6, 6.07) is 11.7. The van der Waals surface area contributed by atoms with E-state index in [1.165, 1.54) is 11.8 Å². The van der Waals surface area contributed by atoms with Crippen LogP contribution in [-0.4, -0.2) is 16.5 Å². The molecule has 5 heteroatoms. The van der Waals surface area contributed by atoms with E-state index in [0.29, 0.717) is 10.9 Å². The van der Waals surface area contributed by atoms with Gasteiger partial charge in [-0.3, -0.25) is 5.32 Å². The number of aliphatic imine (C=N–C) groups is 1. The van der Waals surface area contributed by atoms with Gasteiger partial charge in [-0.25, -0.2) is 4.99 Å². The van der Waals surface area contributed by atoms with E-state index < -0.39 is 0 Å². The molecule has 0 heterocycles. The second-order valence-electron chi connectivity index (χ2n) is 3.84. The smallest absolute Gasteiger partial charge is 0.183 e. The first-order chi connectivity index (χ1) is 9.28. The van der Waals surface area contributed by atoms with Gasteiger partial charge in [0, 0.05) is 5.56 Å². The maximum Gasteiger partial charge on any atom is 0.183 e. The predicted molar refractivity (Wildman–Crippen MR) is 79.2 cm³/mol. The molecule has 0 saturated carbocycles. The normalized spacial score (nSPS) is 11.3. The summed E-state index contributed by atoms with van der Waals surface area (Å²) < 4.78 is 0. The monoisotopic (exact) mass is 271 g/mol. The van der Waals surface area contributed by atoms with Gasteiger partial charge in [0.2, 0.25) is 0 Å². The molecular weight excluding hydrogens is 258 g/mol. The van der Waals surface area contributed by atoms with Crippen molar-refractivity contribution in [2.45, 2.75) is 6.61 Å². The number of benzene rings is 2. The van der Waals surface area contributed by atoms with Gasteiger partial charge in [-0.1, -0.05) is 36.0 Å². The van der Waals surface area contributed by atoms with E-state index in [1.54, 1.807) is 0 Å². The standard InChI is InChI=1S/C14H13N3OS/c1-19-14(16-9-15)17-13-7-11-5-3-2-4-10(11)6-12(13)8-18/h2-7,18H,8H2,1H3,(H,16,17). The summed E-state index contributed by atoms with van der Waals surface area (Å²) in [7, 11) is 0. The number of aliphatic hydroxyl groups is 1. The average Bonchev–Trinajstić information content (AvgIpc) is 2.46. The lowest BCUT2D eigenvalue weighted by molar-refractivity contribution is 0.282. The zero-order valence-electron chi connectivity index (χ0n) is 10.4. The number of aliphatic hydroxyl groups excluding tert-OH is 1. The highest BCUT2D eigenvalue weighted by molar-refractivity contribution is 8.13. The predicted octanol–water partition coefficient (Wildman–Crippen LogP) is 2.75. The molecule has 0 aliphatic carbocycles. The van der Waals surface area contributed by atoms with Gasteiger partial charge >= 0.3 is 0 Å². The minimum Gasteiger partial charge on any atom is -0.392 e. The molecule has 0 amide bonds. The third-order valence-corrected chi connectivity index (χ3v) is 3.28. The Morgan fingerprint density at radius 3 is 2.63 bits per heavy atom. The summed E-state index contributed by atoms with van der Waals surface area (Å²) >= 11 is 1.35. The van der Waals surface area contributed by atoms with Gasteiger partial charge in [-0.2, -0.15) is 5.26 Å². The minimum atomic E-state index is -0.0854. The lowest BCUT2D eigenvalue weighted by Gasteiger charge is -2.07. The van der Waals surface area contributed by atoms with E-state index in [1.807, 2.05) is 48.8 Å². The fourth-order valence-corrected chi connectivity index (χ4v) is 2.13. The van der Waals surface area contributed by atoms with Crippen molar-refractivity contribution < 1.29 is 5.11 Å². The first-order valence-electron chi connectivity index (χ1n) is 5.69. The largest absolute Gasteiger partial charge is 0.392 e. The Balaban J connectivity index is 2.55. The van der Waals surface area contributed by atoms with Crippen LogP contribution in [0.3, 0.4) is 0 Å². The van der Waals surface area contributed by atoms with Gasteiger partial charge in [0.1, 0.15) is 0 Å². The maximum absolute atomic E-state index is 9.43. The Bertz CT molecular complexity index is 661. The van der Waals surface area contributed by atoms with Gasteiger partial charge in [0.25, 0.3) is 0 Å². The lowest BCUT2D eigenvalue weighted by atomic mass is 10.1. The summed E-state index contributed by atoms with van der Waals surface area (Å²) in [4.78, 5) is 4.37. The highest BCUT2D eigenvalue weighted by Crippen LogP contribution is 2.27. The molecule has 0 saturated heterocycles. The van der Waals surface area contributed by atoms with Gasteiger partial charge in [-0.05, 0) is 29.2 Å². The number of rotatable bonds is 2. The molecule has 4 nitrogen and oxygen atoms in total. The van der Waals surface area contributed by atoms with Crippen LogP contribution in [0.5, 0.6) is 0 Å². The summed E-state index contributed by atoms with van der Waals surface area (Å²) in [5.41, 5.74) is 1.42. The number of thioether (sulfide) groups is 1. The van der Waals surface area contributed by atoms with Crippen molar-refractivity contribution in [1.29, 1.82) is 5.26 Å². The molecule has 0 unspecified atom stereocenters. The number of hydrogen-bond acceptors (Lipinski definition) is 4. The average molecular weight is 271 g/mol. The first kappa shape index (κ1) is 13.4. The summed E-state index contributed by atoms with van der Waals surface area (Å²) in [5.74, 6) is 0. The molecule has 0 atom stereocenters. The third-order valence-electron chi connectivity index (χ3n) is 2.70. The zero-order valence-corrected chi connectivity index (χ0v) is 11.2. The van der Waals surface area contributed by atoms with Crippen molar-refractivity contribution >= 4 is 33.4 Å². The number of fused-ring (bicyclic) bond motifs is 1. The molecule has 0 fully saturated rings. The summed E-state index contributed by atoms with van der Waals surface area (Å²) in [5, 5.41) is 23.2. The van der Waals surface area contributed by atoms with E-state index in [9.17, 15) is 5.11 Å². The van der Waals surface area contributed by atoms with Crippen molar-refractivity contribution in [1.82, 2.24) is 5.32 Å². The van der Waals surface area contributed by atoms with E-state index in [-0.39, 0.29) is 6.61 Å². The fourth-order valence-electron chi connectivity index (χ4n) is 1.79. The number of nitriles is 1. The Hall–Kier alpha value is -2.03. The molecule has 96 valence electrons. The van der Waals surface area contributed by atoms with Crippen LogP contribution in [0.4, 0.5) is 5.69 Å². The molecule has 2 aromatic carbocycles. The minimum absolute atomic E-state index is 0.0854. The number of amidine groups is 1. The molecule has 19 heavy (non-hydrogen) atoms. The highest BCUT2D eigenvalue weighted by atomic mass is 32.2. The fraction of sp³-hybridized carbons (Fsp3) is 0.143. The van der Waals surface area contributed by atoms with Crippen molar-refractivity contribution in [3.05, 3.63) is 42.0 Å². The van der Waals surface area contributed by atoms with Crippen LogP contribution in [0.2, 0.25) is 0 Å². The van der Waals surface area contributed by atoms with Crippen molar-refractivity contribution in [3.8, 4) is 6.19 Å². The van der Waals surface area contributed by atoms with Gasteiger partial charge in [0.05, 0.1) is 12.3 Å². The Labute approximate surface area is 115 Å². The quantitative estimate of drug-likeness (QED) is 0.381. The second kappa shape index (κ2) is 6.23. The topological polar surface area (TPSA) is 68.4 Å². The molecule has 2 rings (SSSR count). The van der Waals surface area contributed by atoms with E-state index in [2.05, 4.69) is 10.3 Å². The van der Waals surface area contributed by atoms with Crippen LogP contribution in [0, 0.1) is 11.5 Å². The molecule has 0 aliphatic rings. The Morgan fingerprint density at radius 2 is 2.05 bits per heavy atom. The van der Waals surface area contributed by atoms with Gasteiger partial charge in [-0.15, -0.1) is 0 Å². The number of hydrogen-bond donors (Lipinski definition) is 2. The maximum atomic E-state index is 9.43. The lowest BCUT2D eigenvalue weighted by Crippen LogP contribution is -2.12. The SMILES string of the molecule is CSC(=Nc1cc2ccccc2cc1CO)NC#N. The molecule has 0 radical (unpaired) electrons. The van der Waals surface area contributed by atoms with Crippen molar-refractivity contribution in [2.24, 2.45) is 4.99 Å². The number of nitrogens with one attached hydrogen (secondary N) is 1. The summed E-state index contributed by atoms with van der Waals surface area (Å²) in [6.45, 7) is -0.0854. The van der Waals surface area contributed by atoms with Crippen LogP contribution >= 0.6 is 11.8 Å². The van der Waals surface area contributed by atoms with Gasteiger partial charge < -0.3 is 5.11 Å². The van der Waals surface area contributed by atoms with Crippen LogP contribution in [0.1, 0.15) is 5.56 Å². The Morgan fingerprint density at radius 1 is 1.37 bits per heavy atom. The first-order valence-corrected chi connectivity index (χ1v) is 6.91. The molecule has 2 N–H and O–H groups in total. The van der Waals surface area contributed by atoms with Crippen LogP contribution in [0.25, 0.3) is 10.8 Å². The van der Waals surface area contributed by atoms with Gasteiger partial charge in [0.15, 0.2) is 11.4 Å². The van der Waals surface area contributed by atoms with Crippen LogP contribution < -0.4 is 5.32 Å². The van der Waals surface area contributed by atoms with Crippen molar-refractivity contribution in [3.63, 3.8) is 0 Å². The molecule has 2 aromatic rings. The molecular formula is C14H13N3OS. The zero-order chi connectivity index (χ0) is 13.7. The number of nitrogens with zero attached hydrogens (tertiary/aromatic N) is 2. The van der Waals surface area contributed by atoms with E-state index >= 15 is 0 Å². The van der Waals surface area contributed by atoms with E-state index in [4.69, 9.17) is 5.26 Å². The van der Waals surface area contributed by atoms with Crippen LogP contribution in [-0.2, 0) is 6.61 Å². The molecule has 0 bridgehead atoms. The molecule has 0 aromatic heterocycles. The molecule has 0 spiro atoms. The van der Waals surface area contributed by atoms with Crippen molar-refractivity contribution in [2.75, 3.05) is 6.26 Å². The highest BCUT2D eigenvalue weighted by Gasteiger charge is 2.05. The van der Waals surface area contributed by atoms with E-state index in [0.717, 1.165) is 16.3 Å². The van der Waals surface area contributed by atoms with Crippen LogP contribution in [0.15, 0.2) is 41.4 Å².